The molecule has 0 saturated heterocycles. The van der Waals surface area contributed by atoms with E-state index in [1.807, 2.05) is 50.2 Å². The van der Waals surface area contributed by atoms with E-state index in [-0.39, 0.29) is 18.6 Å². The molecule has 1 aromatic rings. The van der Waals surface area contributed by atoms with Crippen LogP contribution in [-0.2, 0) is 4.79 Å². The molecule has 0 fully saturated rings. The van der Waals surface area contributed by atoms with Gasteiger partial charge < -0.3 is 10.4 Å². The molecule has 1 aromatic carbocycles. The van der Waals surface area contributed by atoms with Gasteiger partial charge in [0.25, 0.3) is 0 Å². The van der Waals surface area contributed by atoms with Gasteiger partial charge in [-0.1, -0.05) is 29.8 Å². The first kappa shape index (κ1) is 14.7. The van der Waals surface area contributed by atoms with Crippen LogP contribution in [-0.4, -0.2) is 43.2 Å². The van der Waals surface area contributed by atoms with Crippen LogP contribution in [0.25, 0.3) is 0 Å². The van der Waals surface area contributed by atoms with Gasteiger partial charge >= 0.3 is 0 Å². The summed E-state index contributed by atoms with van der Waals surface area (Å²) in [6.07, 6.45) is 0.583. The van der Waals surface area contributed by atoms with Gasteiger partial charge in [-0.15, -0.1) is 0 Å². The molecule has 18 heavy (non-hydrogen) atoms. The Kier molecular flexibility index (Phi) is 5.82. The maximum atomic E-state index is 12.1. The summed E-state index contributed by atoms with van der Waals surface area (Å²) in [7, 11) is 3.78. The van der Waals surface area contributed by atoms with Gasteiger partial charge in [0.05, 0.1) is 0 Å². The Bertz CT molecular complexity index is 391. The molecule has 1 rings (SSSR count). The molecule has 0 radical (unpaired) electrons. The number of likely N-dealkylation sites (N-methyl/N-ethyl adjacent to an activating group) is 1. The second-order valence-corrected chi connectivity index (χ2v) is 4.65. The second-order valence-electron chi connectivity index (χ2n) is 4.65. The summed E-state index contributed by atoms with van der Waals surface area (Å²) < 4.78 is 0. The molecule has 0 aromatic heterocycles. The standard InChI is InChI=1S/C14H22N2O2/c1-11-6-4-7-12(10-11)13(16(2)3)14(18)15-8-5-9-17/h4,6-7,10,13,17H,5,8-9H2,1-3H3,(H,15,18)/t13-/m0/s1. The molecule has 4 heteroatoms. The summed E-state index contributed by atoms with van der Waals surface area (Å²) in [5.41, 5.74) is 2.13. The lowest BCUT2D eigenvalue weighted by atomic mass is 10.0. The lowest BCUT2D eigenvalue weighted by molar-refractivity contribution is -0.125. The molecule has 0 aliphatic heterocycles. The van der Waals surface area contributed by atoms with Crippen molar-refractivity contribution in [2.75, 3.05) is 27.2 Å². The molecule has 1 amide bonds. The first-order chi connectivity index (χ1) is 8.56. The third-order valence-corrected chi connectivity index (χ3v) is 2.76. The highest BCUT2D eigenvalue weighted by atomic mass is 16.3. The van der Waals surface area contributed by atoms with Gasteiger partial charge in [0.15, 0.2) is 0 Å². The van der Waals surface area contributed by atoms with Crippen molar-refractivity contribution >= 4 is 5.91 Å². The minimum absolute atomic E-state index is 0.0287. The summed E-state index contributed by atoms with van der Waals surface area (Å²) in [5.74, 6) is -0.0287. The lowest BCUT2D eigenvalue weighted by Gasteiger charge is -2.24. The fraction of sp³-hybridized carbons (Fsp3) is 0.500. The zero-order valence-electron chi connectivity index (χ0n) is 11.3. The molecule has 0 spiro atoms. The molecular weight excluding hydrogens is 228 g/mol. The zero-order chi connectivity index (χ0) is 13.5. The zero-order valence-corrected chi connectivity index (χ0v) is 11.3. The highest BCUT2D eigenvalue weighted by Crippen LogP contribution is 2.19. The first-order valence-corrected chi connectivity index (χ1v) is 6.18. The summed E-state index contributed by atoms with van der Waals surface area (Å²) in [6.45, 7) is 2.61. The summed E-state index contributed by atoms with van der Waals surface area (Å²) in [5, 5.41) is 11.6. The quantitative estimate of drug-likeness (QED) is 0.743. The Morgan fingerprint density at radius 2 is 2.17 bits per heavy atom. The molecule has 1 atom stereocenters. The number of benzene rings is 1. The lowest BCUT2D eigenvalue weighted by Crippen LogP contribution is -2.37. The average Bonchev–Trinajstić information content (AvgIpc) is 2.29. The molecule has 100 valence electrons. The van der Waals surface area contributed by atoms with Crippen molar-refractivity contribution < 1.29 is 9.90 Å². The first-order valence-electron chi connectivity index (χ1n) is 6.18. The molecule has 0 heterocycles. The van der Waals surface area contributed by atoms with Gasteiger partial charge in [-0.05, 0) is 33.0 Å². The van der Waals surface area contributed by atoms with E-state index in [9.17, 15) is 4.79 Å². The van der Waals surface area contributed by atoms with Crippen LogP contribution < -0.4 is 5.32 Å². The van der Waals surface area contributed by atoms with Gasteiger partial charge in [0.2, 0.25) is 5.91 Å². The highest BCUT2D eigenvalue weighted by Gasteiger charge is 2.22. The van der Waals surface area contributed by atoms with E-state index >= 15 is 0 Å². The normalized spacial score (nSPS) is 12.5. The van der Waals surface area contributed by atoms with Crippen molar-refractivity contribution in [2.45, 2.75) is 19.4 Å². The number of aryl methyl sites for hydroxylation is 1. The van der Waals surface area contributed by atoms with Crippen LogP contribution in [0.4, 0.5) is 0 Å². The summed E-state index contributed by atoms with van der Waals surface area (Å²) in [6, 6.07) is 7.67. The number of carbonyl (C=O) groups excluding carboxylic acids is 1. The number of hydrogen-bond acceptors (Lipinski definition) is 3. The van der Waals surface area contributed by atoms with Crippen molar-refractivity contribution in [1.29, 1.82) is 0 Å². The molecule has 2 N–H and O–H groups in total. The van der Waals surface area contributed by atoms with Crippen molar-refractivity contribution in [1.82, 2.24) is 10.2 Å². The van der Waals surface area contributed by atoms with Crippen LogP contribution in [0.3, 0.4) is 0 Å². The smallest absolute Gasteiger partial charge is 0.241 e. The van der Waals surface area contributed by atoms with Gasteiger partial charge in [-0.25, -0.2) is 0 Å². The number of nitrogens with zero attached hydrogens (tertiary/aromatic N) is 1. The van der Waals surface area contributed by atoms with E-state index in [4.69, 9.17) is 5.11 Å². The Balaban J connectivity index is 2.79. The Morgan fingerprint density at radius 3 is 2.72 bits per heavy atom. The molecular formula is C14H22N2O2. The number of aliphatic hydroxyl groups is 1. The maximum Gasteiger partial charge on any atom is 0.241 e. The average molecular weight is 250 g/mol. The van der Waals surface area contributed by atoms with Crippen molar-refractivity contribution in [3.63, 3.8) is 0 Å². The molecule has 4 nitrogen and oxygen atoms in total. The van der Waals surface area contributed by atoms with E-state index in [1.165, 1.54) is 0 Å². The van der Waals surface area contributed by atoms with Gasteiger partial charge in [0.1, 0.15) is 6.04 Å². The molecule has 0 saturated carbocycles. The highest BCUT2D eigenvalue weighted by molar-refractivity contribution is 5.83. The predicted octanol–water partition coefficient (Wildman–Crippen LogP) is 1.10. The SMILES string of the molecule is Cc1cccc([C@@H](C(=O)NCCCO)N(C)C)c1. The van der Waals surface area contributed by atoms with Crippen molar-refractivity contribution in [3.8, 4) is 0 Å². The minimum Gasteiger partial charge on any atom is -0.396 e. The van der Waals surface area contributed by atoms with Crippen LogP contribution in [0, 0.1) is 6.92 Å². The summed E-state index contributed by atoms with van der Waals surface area (Å²) in [4.78, 5) is 14.0. The third-order valence-electron chi connectivity index (χ3n) is 2.76. The fourth-order valence-corrected chi connectivity index (χ4v) is 1.91. The molecule has 0 bridgehead atoms. The van der Waals surface area contributed by atoms with Crippen LogP contribution in [0.1, 0.15) is 23.6 Å². The van der Waals surface area contributed by atoms with Gasteiger partial charge in [0, 0.05) is 13.2 Å². The minimum atomic E-state index is -0.288. The van der Waals surface area contributed by atoms with Crippen LogP contribution in [0.5, 0.6) is 0 Å². The third kappa shape index (κ3) is 4.13. The molecule has 0 aliphatic carbocycles. The molecule has 0 unspecified atom stereocenters. The van der Waals surface area contributed by atoms with Gasteiger partial charge in [-0.2, -0.15) is 0 Å². The number of nitrogens with one attached hydrogen (secondary N) is 1. The number of aliphatic hydroxyl groups excluding tert-OH is 1. The number of carbonyl (C=O) groups is 1. The van der Waals surface area contributed by atoms with Crippen molar-refractivity contribution in [2.24, 2.45) is 0 Å². The molecule has 0 aliphatic rings. The van der Waals surface area contributed by atoms with Crippen LogP contribution >= 0.6 is 0 Å². The second kappa shape index (κ2) is 7.13. The maximum absolute atomic E-state index is 12.1. The number of hydrogen-bond donors (Lipinski definition) is 2. The van der Waals surface area contributed by atoms with Crippen molar-refractivity contribution in [3.05, 3.63) is 35.4 Å². The fourth-order valence-electron chi connectivity index (χ4n) is 1.91. The monoisotopic (exact) mass is 250 g/mol. The van der Waals surface area contributed by atoms with Crippen LogP contribution in [0.15, 0.2) is 24.3 Å². The Morgan fingerprint density at radius 1 is 1.44 bits per heavy atom. The van der Waals surface area contributed by atoms with Gasteiger partial charge in [-0.3, -0.25) is 9.69 Å². The Hall–Kier alpha value is -1.39. The van der Waals surface area contributed by atoms with E-state index < -0.39 is 0 Å². The number of rotatable bonds is 6. The number of amides is 1. The van der Waals surface area contributed by atoms with E-state index in [1.54, 1.807) is 0 Å². The topological polar surface area (TPSA) is 52.6 Å². The predicted molar refractivity (Wildman–Crippen MR) is 72.3 cm³/mol. The van der Waals surface area contributed by atoms with E-state index in [0.29, 0.717) is 13.0 Å². The van der Waals surface area contributed by atoms with E-state index in [2.05, 4.69) is 5.32 Å². The van der Waals surface area contributed by atoms with Crippen LogP contribution in [0.2, 0.25) is 0 Å². The Labute approximate surface area is 109 Å². The van der Waals surface area contributed by atoms with E-state index in [0.717, 1.165) is 11.1 Å². The largest absolute Gasteiger partial charge is 0.396 e. The summed E-state index contributed by atoms with van der Waals surface area (Å²) >= 11 is 0.